The highest BCUT2D eigenvalue weighted by atomic mass is 16.2. The Balaban J connectivity index is 1.25. The zero-order chi connectivity index (χ0) is 17.0. The van der Waals surface area contributed by atoms with Crippen LogP contribution >= 0.6 is 0 Å². The van der Waals surface area contributed by atoms with Crippen molar-refractivity contribution < 1.29 is 9.59 Å². The second-order valence-corrected chi connectivity index (χ2v) is 9.68. The molecular weight excluding hydrogens is 312 g/mol. The molecule has 1 saturated heterocycles. The molecule has 5 saturated carbocycles. The van der Waals surface area contributed by atoms with Crippen LogP contribution in [0.3, 0.4) is 0 Å². The molecule has 0 spiro atoms. The summed E-state index contributed by atoms with van der Waals surface area (Å²) in [5, 5.41) is 3.22. The third kappa shape index (κ3) is 2.80. The van der Waals surface area contributed by atoms with Crippen LogP contribution in [0.5, 0.6) is 0 Å². The summed E-state index contributed by atoms with van der Waals surface area (Å²) < 4.78 is 0. The van der Waals surface area contributed by atoms with Gasteiger partial charge in [-0.3, -0.25) is 9.59 Å². The third-order valence-electron chi connectivity index (χ3n) is 8.22. The SMILES string of the molecule is O=C(NC1C2CC3CC(C2)CC1C3)C(=O)N1CCCC2CCCCC21. The number of carbonyl (C=O) groups excluding carboxylic acids is 2. The molecule has 4 nitrogen and oxygen atoms in total. The number of nitrogens with zero attached hydrogens (tertiary/aromatic N) is 1. The van der Waals surface area contributed by atoms with E-state index in [1.54, 1.807) is 0 Å². The van der Waals surface area contributed by atoms with Crippen molar-refractivity contribution in [2.45, 2.75) is 82.7 Å². The van der Waals surface area contributed by atoms with Crippen molar-refractivity contribution in [2.75, 3.05) is 6.54 Å². The van der Waals surface area contributed by atoms with Gasteiger partial charge in [-0.15, -0.1) is 0 Å². The smallest absolute Gasteiger partial charge is 0.312 e. The lowest BCUT2D eigenvalue weighted by Gasteiger charge is -2.54. The van der Waals surface area contributed by atoms with Crippen LogP contribution in [0.2, 0.25) is 0 Å². The number of fused-ring (bicyclic) bond motifs is 1. The lowest BCUT2D eigenvalue weighted by atomic mass is 9.54. The third-order valence-corrected chi connectivity index (χ3v) is 8.22. The van der Waals surface area contributed by atoms with Crippen LogP contribution in [0.1, 0.15) is 70.6 Å². The molecule has 0 aromatic carbocycles. The lowest BCUT2D eigenvalue weighted by Crippen LogP contribution is -2.60. The van der Waals surface area contributed by atoms with Crippen molar-refractivity contribution in [2.24, 2.45) is 29.6 Å². The molecule has 1 heterocycles. The van der Waals surface area contributed by atoms with Crippen molar-refractivity contribution >= 4 is 11.8 Å². The number of rotatable bonds is 1. The van der Waals surface area contributed by atoms with E-state index in [9.17, 15) is 9.59 Å². The maximum Gasteiger partial charge on any atom is 0.312 e. The maximum absolute atomic E-state index is 12.9. The standard InChI is InChI=1S/C21H32N2O2/c24-20(21(25)23-7-3-5-15-4-1-2-6-18(15)23)22-19-16-9-13-8-14(11-16)12-17(19)10-13/h13-19H,1-12H2,(H,22,24). The minimum atomic E-state index is -0.302. The molecule has 25 heavy (non-hydrogen) atoms. The van der Waals surface area contributed by atoms with Gasteiger partial charge in [-0.2, -0.15) is 0 Å². The van der Waals surface area contributed by atoms with Gasteiger partial charge in [0, 0.05) is 18.6 Å². The van der Waals surface area contributed by atoms with Crippen molar-refractivity contribution in [1.82, 2.24) is 10.2 Å². The Hall–Kier alpha value is -1.06. The van der Waals surface area contributed by atoms with Gasteiger partial charge in [0.15, 0.2) is 0 Å². The summed E-state index contributed by atoms with van der Waals surface area (Å²) in [6.45, 7) is 0.787. The van der Waals surface area contributed by atoms with Crippen LogP contribution < -0.4 is 5.32 Å². The van der Waals surface area contributed by atoms with E-state index in [2.05, 4.69) is 5.32 Å². The minimum absolute atomic E-state index is 0.231. The molecule has 6 fully saturated rings. The number of hydrogen-bond donors (Lipinski definition) is 1. The van der Waals surface area contributed by atoms with Gasteiger partial charge in [-0.25, -0.2) is 0 Å². The van der Waals surface area contributed by atoms with Gasteiger partial charge in [0.25, 0.3) is 0 Å². The van der Waals surface area contributed by atoms with Gasteiger partial charge >= 0.3 is 11.8 Å². The van der Waals surface area contributed by atoms with Crippen molar-refractivity contribution in [3.63, 3.8) is 0 Å². The summed E-state index contributed by atoms with van der Waals surface area (Å²) >= 11 is 0. The van der Waals surface area contributed by atoms with E-state index in [1.807, 2.05) is 4.90 Å². The second kappa shape index (κ2) is 6.28. The molecule has 6 rings (SSSR count). The Labute approximate surface area is 151 Å². The molecule has 1 N–H and O–H groups in total. The van der Waals surface area contributed by atoms with Gasteiger partial charge in [0.05, 0.1) is 0 Å². The molecule has 0 radical (unpaired) electrons. The molecule has 2 unspecified atom stereocenters. The first-order valence-corrected chi connectivity index (χ1v) is 10.8. The number of likely N-dealkylation sites (tertiary alicyclic amines) is 1. The van der Waals surface area contributed by atoms with Crippen LogP contribution in [0.15, 0.2) is 0 Å². The Morgan fingerprint density at radius 2 is 1.40 bits per heavy atom. The van der Waals surface area contributed by atoms with E-state index >= 15 is 0 Å². The zero-order valence-electron chi connectivity index (χ0n) is 15.3. The van der Waals surface area contributed by atoms with Gasteiger partial charge in [-0.1, -0.05) is 12.8 Å². The van der Waals surface area contributed by atoms with Crippen molar-refractivity contribution in [1.29, 1.82) is 0 Å². The monoisotopic (exact) mass is 344 g/mol. The Bertz CT molecular complexity index is 530. The Kier molecular flexibility index (Phi) is 4.05. The summed E-state index contributed by atoms with van der Waals surface area (Å²) in [4.78, 5) is 27.7. The molecule has 4 heteroatoms. The van der Waals surface area contributed by atoms with E-state index < -0.39 is 0 Å². The van der Waals surface area contributed by atoms with Gasteiger partial charge in [-0.05, 0) is 87.4 Å². The Morgan fingerprint density at radius 3 is 2.12 bits per heavy atom. The van der Waals surface area contributed by atoms with E-state index in [-0.39, 0.29) is 17.9 Å². The molecule has 6 aliphatic rings. The maximum atomic E-state index is 12.9. The number of amides is 2. The topological polar surface area (TPSA) is 49.4 Å². The fourth-order valence-corrected chi connectivity index (χ4v) is 7.38. The first-order valence-electron chi connectivity index (χ1n) is 10.8. The van der Waals surface area contributed by atoms with Gasteiger partial charge < -0.3 is 10.2 Å². The average Bonchev–Trinajstić information content (AvgIpc) is 2.63. The normalized spacial score (nSPS) is 45.1. The van der Waals surface area contributed by atoms with Gasteiger partial charge in [0.2, 0.25) is 0 Å². The highest BCUT2D eigenvalue weighted by Gasteiger charge is 2.49. The van der Waals surface area contributed by atoms with Crippen molar-refractivity contribution in [3.8, 4) is 0 Å². The molecule has 4 bridgehead atoms. The highest BCUT2D eigenvalue weighted by molar-refractivity contribution is 6.35. The summed E-state index contributed by atoms with van der Waals surface area (Å²) in [6.07, 6.45) is 13.7. The summed E-state index contributed by atoms with van der Waals surface area (Å²) in [5.41, 5.74) is 0. The Morgan fingerprint density at radius 1 is 0.760 bits per heavy atom. The highest BCUT2D eigenvalue weighted by Crippen LogP contribution is 2.53. The predicted molar refractivity (Wildman–Crippen MR) is 95.7 cm³/mol. The van der Waals surface area contributed by atoms with E-state index in [0.717, 1.165) is 31.2 Å². The average molecular weight is 344 g/mol. The van der Waals surface area contributed by atoms with Crippen molar-refractivity contribution in [3.05, 3.63) is 0 Å². The minimum Gasteiger partial charge on any atom is -0.345 e. The fraction of sp³-hybridized carbons (Fsp3) is 0.905. The molecule has 2 amide bonds. The van der Waals surface area contributed by atoms with E-state index in [1.165, 1.54) is 57.8 Å². The number of piperidine rings is 1. The molecule has 138 valence electrons. The first-order chi connectivity index (χ1) is 12.2. The fourth-order valence-electron chi connectivity index (χ4n) is 7.38. The first kappa shape index (κ1) is 16.1. The number of hydrogen-bond acceptors (Lipinski definition) is 2. The largest absolute Gasteiger partial charge is 0.345 e. The summed E-state index contributed by atoms with van der Waals surface area (Å²) in [5.74, 6) is 3.18. The lowest BCUT2D eigenvalue weighted by molar-refractivity contribution is -0.151. The van der Waals surface area contributed by atoms with Gasteiger partial charge in [0.1, 0.15) is 0 Å². The van der Waals surface area contributed by atoms with Crippen LogP contribution in [0, 0.1) is 29.6 Å². The number of nitrogens with one attached hydrogen (secondary N) is 1. The van der Waals surface area contributed by atoms with Crippen LogP contribution in [0.25, 0.3) is 0 Å². The number of carbonyl (C=O) groups is 2. The molecule has 2 atom stereocenters. The molecule has 0 aromatic heterocycles. The van der Waals surface area contributed by atoms with Crippen LogP contribution in [0.4, 0.5) is 0 Å². The predicted octanol–water partition coefficient (Wildman–Crippen LogP) is 3.11. The molecular formula is C21H32N2O2. The van der Waals surface area contributed by atoms with Crippen LogP contribution in [-0.4, -0.2) is 35.3 Å². The van der Waals surface area contributed by atoms with Crippen LogP contribution in [-0.2, 0) is 9.59 Å². The van der Waals surface area contributed by atoms with E-state index in [4.69, 9.17) is 0 Å². The molecule has 5 aliphatic carbocycles. The zero-order valence-corrected chi connectivity index (χ0v) is 15.3. The summed E-state index contributed by atoms with van der Waals surface area (Å²) in [7, 11) is 0. The molecule has 1 aliphatic heterocycles. The van der Waals surface area contributed by atoms with E-state index in [0.29, 0.717) is 23.8 Å². The second-order valence-electron chi connectivity index (χ2n) is 9.68. The quantitative estimate of drug-likeness (QED) is 0.743. The summed E-state index contributed by atoms with van der Waals surface area (Å²) in [6, 6.07) is 0.607. The molecule has 0 aromatic rings.